The largest absolute Gasteiger partial charge is 0.437 e. The van der Waals surface area contributed by atoms with Crippen LogP contribution in [0.1, 0.15) is 40.5 Å². The molecule has 0 saturated heterocycles. The van der Waals surface area contributed by atoms with E-state index in [1.807, 2.05) is 0 Å². The topological polar surface area (TPSA) is 26.3 Å². The van der Waals surface area contributed by atoms with E-state index in [2.05, 4.69) is 11.3 Å². The number of carbonyl (C=O) groups is 1. The van der Waals surface area contributed by atoms with E-state index in [1.165, 1.54) is 6.92 Å². The first-order valence-electron chi connectivity index (χ1n) is 6.54. The number of hydrogen-bond donors (Lipinski definition) is 0. The fourth-order valence-electron chi connectivity index (χ4n) is 2.37. The van der Waals surface area contributed by atoms with Crippen LogP contribution in [0.3, 0.4) is 0 Å². The Morgan fingerprint density at radius 1 is 1.05 bits per heavy atom. The molecule has 0 bridgehead atoms. The zero-order valence-electron chi connectivity index (χ0n) is 12.9. The zero-order chi connectivity index (χ0) is 18.0. The second kappa shape index (κ2) is 6.50. The SMILES string of the molecule is C=CC(=O)OC(CC(C)CC(C)(C)C)(C(F)(F)F)C(F)(F)F. The Hall–Kier alpha value is -1.21. The third-order valence-corrected chi connectivity index (χ3v) is 2.95. The van der Waals surface area contributed by atoms with E-state index >= 15 is 0 Å². The first-order valence-corrected chi connectivity index (χ1v) is 6.54. The van der Waals surface area contributed by atoms with Crippen LogP contribution in [0.15, 0.2) is 12.7 Å². The highest BCUT2D eigenvalue weighted by Gasteiger charge is 2.74. The minimum atomic E-state index is -5.78. The Kier molecular flexibility index (Phi) is 6.14. The van der Waals surface area contributed by atoms with Crippen molar-refractivity contribution < 1.29 is 35.9 Å². The number of esters is 1. The molecule has 0 aromatic rings. The molecule has 1 atom stereocenters. The van der Waals surface area contributed by atoms with Crippen LogP contribution in [0.25, 0.3) is 0 Å². The van der Waals surface area contributed by atoms with Gasteiger partial charge in [-0.05, 0) is 17.8 Å². The summed E-state index contributed by atoms with van der Waals surface area (Å²) in [5.41, 5.74) is -5.00. The van der Waals surface area contributed by atoms with Crippen molar-refractivity contribution in [1.29, 1.82) is 0 Å². The molecule has 0 radical (unpaired) electrons. The zero-order valence-corrected chi connectivity index (χ0v) is 12.9. The highest BCUT2D eigenvalue weighted by Crippen LogP contribution is 2.50. The molecular weight excluding hydrogens is 314 g/mol. The molecule has 0 aromatic heterocycles. The second-order valence-electron chi connectivity index (χ2n) is 6.52. The lowest BCUT2D eigenvalue weighted by Gasteiger charge is -2.38. The van der Waals surface area contributed by atoms with Crippen molar-refractivity contribution in [3.05, 3.63) is 12.7 Å². The van der Waals surface area contributed by atoms with Crippen molar-refractivity contribution in [2.24, 2.45) is 11.3 Å². The molecule has 0 aliphatic rings. The van der Waals surface area contributed by atoms with Gasteiger partial charge in [-0.25, -0.2) is 4.79 Å². The number of carbonyl (C=O) groups excluding carboxylic acids is 1. The van der Waals surface area contributed by atoms with Gasteiger partial charge in [0.15, 0.2) is 0 Å². The molecule has 0 fully saturated rings. The summed E-state index contributed by atoms with van der Waals surface area (Å²) in [6, 6.07) is 0. The maximum Gasteiger partial charge on any atom is 0.437 e. The summed E-state index contributed by atoms with van der Waals surface area (Å²) in [4.78, 5) is 11.0. The van der Waals surface area contributed by atoms with E-state index in [-0.39, 0.29) is 12.5 Å². The van der Waals surface area contributed by atoms with Crippen molar-refractivity contribution in [2.75, 3.05) is 0 Å². The lowest BCUT2D eigenvalue weighted by molar-refractivity contribution is -0.373. The molecule has 0 N–H and O–H groups in total. The van der Waals surface area contributed by atoms with E-state index in [1.54, 1.807) is 20.8 Å². The van der Waals surface area contributed by atoms with Gasteiger partial charge in [0.05, 0.1) is 0 Å². The van der Waals surface area contributed by atoms with Gasteiger partial charge in [0.2, 0.25) is 0 Å². The van der Waals surface area contributed by atoms with E-state index in [0.29, 0.717) is 0 Å². The van der Waals surface area contributed by atoms with Crippen molar-refractivity contribution in [3.8, 4) is 0 Å². The molecule has 0 aliphatic heterocycles. The normalized spacial score (nSPS) is 15.4. The first kappa shape index (κ1) is 20.8. The van der Waals surface area contributed by atoms with E-state index in [4.69, 9.17) is 0 Å². The van der Waals surface area contributed by atoms with Gasteiger partial charge in [0.1, 0.15) is 0 Å². The third kappa shape index (κ3) is 5.21. The van der Waals surface area contributed by atoms with Gasteiger partial charge in [-0.1, -0.05) is 34.3 Å². The molecular formula is C14H20F6O2. The standard InChI is InChI=1S/C14H20F6O2/c1-6-10(21)22-12(13(15,16)17,14(18,19)20)8-9(2)7-11(3,4)5/h6,9H,1,7-8H2,2-5H3. The Bertz CT molecular complexity index is 389. The fraction of sp³-hybridized carbons (Fsp3) is 0.786. The molecule has 0 heterocycles. The number of rotatable bonds is 5. The highest BCUT2D eigenvalue weighted by atomic mass is 19.4. The number of halogens is 6. The number of hydrogen-bond acceptors (Lipinski definition) is 2. The van der Waals surface area contributed by atoms with Gasteiger partial charge < -0.3 is 4.74 Å². The summed E-state index contributed by atoms with van der Waals surface area (Å²) in [6.07, 6.45) is -12.6. The van der Waals surface area contributed by atoms with Crippen molar-refractivity contribution in [1.82, 2.24) is 0 Å². The maximum absolute atomic E-state index is 13.1. The molecule has 130 valence electrons. The van der Waals surface area contributed by atoms with Gasteiger partial charge in [-0.3, -0.25) is 0 Å². The van der Waals surface area contributed by atoms with Gasteiger partial charge in [0.25, 0.3) is 0 Å². The third-order valence-electron chi connectivity index (χ3n) is 2.95. The molecule has 22 heavy (non-hydrogen) atoms. The molecule has 2 nitrogen and oxygen atoms in total. The van der Waals surface area contributed by atoms with Crippen LogP contribution in [-0.2, 0) is 9.53 Å². The van der Waals surface area contributed by atoms with Gasteiger partial charge in [-0.2, -0.15) is 26.3 Å². The highest BCUT2D eigenvalue weighted by molar-refractivity contribution is 5.81. The summed E-state index contributed by atoms with van der Waals surface area (Å²) >= 11 is 0. The Balaban J connectivity index is 5.76. The minimum absolute atomic E-state index is 0.104. The molecule has 0 saturated carbocycles. The van der Waals surface area contributed by atoms with E-state index in [9.17, 15) is 31.1 Å². The lowest BCUT2D eigenvalue weighted by atomic mass is 9.79. The molecule has 1 unspecified atom stereocenters. The average Bonchev–Trinajstić information content (AvgIpc) is 2.21. The first-order chi connectivity index (χ1) is 9.56. The monoisotopic (exact) mass is 334 g/mol. The van der Waals surface area contributed by atoms with Gasteiger partial charge in [-0.15, -0.1) is 0 Å². The summed E-state index contributed by atoms with van der Waals surface area (Å²) in [5, 5.41) is 0. The van der Waals surface area contributed by atoms with Gasteiger partial charge >= 0.3 is 23.9 Å². The Labute approximate surface area is 125 Å². The summed E-state index contributed by atoms with van der Waals surface area (Å²) in [6.45, 7) is 9.19. The molecule has 0 spiro atoms. The van der Waals surface area contributed by atoms with Crippen LogP contribution in [0.4, 0.5) is 26.3 Å². The van der Waals surface area contributed by atoms with Gasteiger partial charge in [0, 0.05) is 12.5 Å². The summed E-state index contributed by atoms with van der Waals surface area (Å²) < 4.78 is 82.6. The van der Waals surface area contributed by atoms with Crippen molar-refractivity contribution >= 4 is 5.97 Å². The van der Waals surface area contributed by atoms with E-state index in [0.717, 1.165) is 0 Å². The predicted octanol–water partition coefficient (Wildman–Crippen LogP) is 5.04. The van der Waals surface area contributed by atoms with Crippen LogP contribution < -0.4 is 0 Å². The molecule has 0 rings (SSSR count). The Morgan fingerprint density at radius 2 is 1.45 bits per heavy atom. The fourth-order valence-corrected chi connectivity index (χ4v) is 2.37. The second-order valence-corrected chi connectivity index (χ2v) is 6.52. The average molecular weight is 334 g/mol. The molecule has 0 aliphatic carbocycles. The van der Waals surface area contributed by atoms with Crippen LogP contribution in [0, 0.1) is 11.3 Å². The summed E-state index contributed by atoms with van der Waals surface area (Å²) in [7, 11) is 0. The van der Waals surface area contributed by atoms with Crippen molar-refractivity contribution in [3.63, 3.8) is 0 Å². The van der Waals surface area contributed by atoms with Crippen LogP contribution in [0.2, 0.25) is 0 Å². The molecule has 0 aromatic carbocycles. The quantitative estimate of drug-likeness (QED) is 0.400. The van der Waals surface area contributed by atoms with E-state index < -0.39 is 41.7 Å². The number of alkyl halides is 6. The lowest BCUT2D eigenvalue weighted by Crippen LogP contribution is -2.60. The summed E-state index contributed by atoms with van der Waals surface area (Å²) in [5.74, 6) is -2.74. The van der Waals surface area contributed by atoms with Crippen LogP contribution >= 0.6 is 0 Å². The van der Waals surface area contributed by atoms with Crippen LogP contribution in [-0.4, -0.2) is 23.9 Å². The predicted molar refractivity (Wildman–Crippen MR) is 69.0 cm³/mol. The van der Waals surface area contributed by atoms with Crippen LogP contribution in [0.5, 0.6) is 0 Å². The molecule has 0 amide bonds. The minimum Gasteiger partial charge on any atom is -0.436 e. The number of ether oxygens (including phenoxy) is 1. The maximum atomic E-state index is 13.1. The smallest absolute Gasteiger partial charge is 0.436 e. The Morgan fingerprint density at radius 3 is 1.73 bits per heavy atom. The molecule has 8 heteroatoms. The van der Waals surface area contributed by atoms with Crippen molar-refractivity contribution in [2.45, 2.75) is 58.5 Å².